The lowest BCUT2D eigenvalue weighted by Gasteiger charge is -2.35. The van der Waals surface area contributed by atoms with Gasteiger partial charge in [0.05, 0.1) is 6.04 Å². The topological polar surface area (TPSA) is 272 Å². The number of nitrogens with zero attached hydrogens (tertiary/aromatic N) is 2. The number of carboxylic acids is 1. The van der Waals surface area contributed by atoms with Crippen LogP contribution in [0.25, 0.3) is 0 Å². The lowest BCUT2D eigenvalue weighted by atomic mass is 9.97. The largest absolute Gasteiger partial charge is 0.480 e. The second kappa shape index (κ2) is 24.1. The van der Waals surface area contributed by atoms with Crippen molar-refractivity contribution in [2.24, 2.45) is 23.1 Å². The summed E-state index contributed by atoms with van der Waals surface area (Å²) < 4.78 is 0. The molecule has 18 heteroatoms. The number of carbonyl (C=O) groups is 7. The smallest absolute Gasteiger partial charge is 0.326 e. The molecule has 11 N–H and O–H groups in total. The lowest BCUT2D eigenvalue weighted by Crippen LogP contribution is -2.60. The van der Waals surface area contributed by atoms with E-state index in [1.54, 1.807) is 11.8 Å². The Morgan fingerprint density at radius 2 is 1.35 bits per heavy atom. The van der Waals surface area contributed by atoms with Crippen molar-refractivity contribution in [3.63, 3.8) is 0 Å². The molecule has 8 unspecified atom stereocenters. The van der Waals surface area contributed by atoms with Gasteiger partial charge in [0.2, 0.25) is 35.4 Å². The molecule has 6 amide bonds. The highest BCUT2D eigenvalue weighted by Gasteiger charge is 2.45. The Hall–Kier alpha value is -3.48. The lowest BCUT2D eigenvalue weighted by molar-refractivity contribution is -0.149. The molecule has 2 aliphatic rings. The molecule has 0 saturated carbocycles. The van der Waals surface area contributed by atoms with Gasteiger partial charge in [0.15, 0.2) is 0 Å². The van der Waals surface area contributed by atoms with Crippen LogP contribution < -0.4 is 38.5 Å². The molecule has 2 fully saturated rings. The van der Waals surface area contributed by atoms with Crippen LogP contribution in [0.15, 0.2) is 0 Å². The fourth-order valence-corrected chi connectivity index (χ4v) is 7.23. The van der Waals surface area contributed by atoms with E-state index in [0.29, 0.717) is 89.6 Å². The van der Waals surface area contributed by atoms with Crippen LogP contribution in [0.3, 0.4) is 0 Å². The molecule has 8 atom stereocenters. The SMILES string of the molecule is CCC(C)C(NC(=O)C(C)NC(=O)C(N)CCSC)C(=O)N1CCCC1C(=O)N1CCCC1C(=O)NC(CCCCN)C(=O)NC(CCCCN)C(=O)O. The molecule has 0 aromatic heterocycles. The third-order valence-corrected chi connectivity index (χ3v) is 10.9. The molecule has 54 heavy (non-hydrogen) atoms. The molecule has 0 spiro atoms. The normalized spacial score (nSPS) is 20.3. The quantitative estimate of drug-likeness (QED) is 0.0570. The fourth-order valence-electron chi connectivity index (χ4n) is 6.74. The Morgan fingerprint density at radius 1 is 0.759 bits per heavy atom. The number of nitrogens with one attached hydrogen (secondary N) is 4. The van der Waals surface area contributed by atoms with Crippen LogP contribution in [0.2, 0.25) is 0 Å². The predicted octanol–water partition coefficient (Wildman–Crippen LogP) is -0.603. The van der Waals surface area contributed by atoms with Crippen LogP contribution in [0.5, 0.6) is 0 Å². The summed E-state index contributed by atoms with van der Waals surface area (Å²) in [6, 6.07) is -6.62. The second-order valence-corrected chi connectivity index (χ2v) is 15.4. The molecule has 2 aliphatic heterocycles. The van der Waals surface area contributed by atoms with E-state index in [-0.39, 0.29) is 31.2 Å². The van der Waals surface area contributed by atoms with Gasteiger partial charge in [0.25, 0.3) is 0 Å². The average molecular weight is 784 g/mol. The van der Waals surface area contributed by atoms with E-state index in [1.165, 1.54) is 16.7 Å². The number of thioether (sulfide) groups is 1. The molecule has 2 saturated heterocycles. The van der Waals surface area contributed by atoms with Crippen molar-refractivity contribution in [2.75, 3.05) is 38.2 Å². The number of hydrogen-bond donors (Lipinski definition) is 8. The molecular weight excluding hydrogens is 719 g/mol. The summed E-state index contributed by atoms with van der Waals surface area (Å²) in [7, 11) is 0. The van der Waals surface area contributed by atoms with Crippen molar-refractivity contribution >= 4 is 53.2 Å². The maximum Gasteiger partial charge on any atom is 0.326 e. The van der Waals surface area contributed by atoms with E-state index in [4.69, 9.17) is 17.2 Å². The first-order chi connectivity index (χ1) is 25.7. The fraction of sp³-hybridized carbons (Fsp3) is 0.806. The summed E-state index contributed by atoms with van der Waals surface area (Å²) in [5.74, 6) is -3.76. The van der Waals surface area contributed by atoms with Crippen LogP contribution in [-0.2, 0) is 33.6 Å². The number of carboxylic acid groups (broad SMARTS) is 1. The number of unbranched alkanes of at least 4 members (excludes halogenated alkanes) is 2. The van der Waals surface area contributed by atoms with Crippen molar-refractivity contribution in [3.05, 3.63) is 0 Å². The van der Waals surface area contributed by atoms with Gasteiger partial charge in [-0.15, -0.1) is 0 Å². The highest BCUT2D eigenvalue weighted by atomic mass is 32.2. The monoisotopic (exact) mass is 783 g/mol. The minimum atomic E-state index is -1.19. The minimum absolute atomic E-state index is 0.188. The van der Waals surface area contributed by atoms with E-state index in [0.717, 1.165) is 0 Å². The van der Waals surface area contributed by atoms with Crippen LogP contribution in [0, 0.1) is 5.92 Å². The Balaban J connectivity index is 2.18. The zero-order valence-corrected chi connectivity index (χ0v) is 33.3. The maximum atomic E-state index is 14.1. The van der Waals surface area contributed by atoms with Crippen LogP contribution in [0.1, 0.15) is 97.8 Å². The zero-order chi connectivity index (χ0) is 40.4. The number of aliphatic carboxylic acids is 1. The number of carbonyl (C=O) groups excluding carboxylic acids is 6. The third-order valence-electron chi connectivity index (χ3n) is 10.3. The first-order valence-electron chi connectivity index (χ1n) is 19.4. The Morgan fingerprint density at radius 3 is 1.93 bits per heavy atom. The first-order valence-corrected chi connectivity index (χ1v) is 20.8. The second-order valence-electron chi connectivity index (χ2n) is 14.4. The molecular formula is C36H65N9O8S. The van der Waals surface area contributed by atoms with Gasteiger partial charge in [-0.2, -0.15) is 11.8 Å². The van der Waals surface area contributed by atoms with Crippen molar-refractivity contribution in [3.8, 4) is 0 Å². The highest BCUT2D eigenvalue weighted by molar-refractivity contribution is 7.98. The zero-order valence-electron chi connectivity index (χ0n) is 32.5. The first kappa shape index (κ1) is 46.7. The van der Waals surface area contributed by atoms with Gasteiger partial charge in [-0.25, -0.2) is 4.79 Å². The summed E-state index contributed by atoms with van der Waals surface area (Å²) in [6.07, 6.45) is 7.35. The third kappa shape index (κ3) is 14.0. The standard InChI is InChI=1S/C36H65N9O8S/c1-5-22(2)29(43-30(46)23(3)40-31(47)24(39)16-21-54-4)35(51)45-20-11-15-28(45)34(50)44-19-10-14-27(44)33(49)41-25(12-6-8-17-37)32(48)42-26(36(52)53)13-7-9-18-38/h22-29H,5-21,37-39H2,1-4H3,(H,40,47)(H,41,49)(H,42,48)(H,43,46)(H,52,53). The molecule has 2 heterocycles. The molecule has 0 aromatic carbocycles. The van der Waals surface area contributed by atoms with Gasteiger partial charge >= 0.3 is 5.97 Å². The van der Waals surface area contributed by atoms with Gasteiger partial charge in [0.1, 0.15) is 36.3 Å². The Labute approximate surface area is 323 Å². The summed E-state index contributed by atoms with van der Waals surface area (Å²) in [5, 5.41) is 20.5. The van der Waals surface area contributed by atoms with Gasteiger partial charge < -0.3 is 53.4 Å². The summed E-state index contributed by atoms with van der Waals surface area (Å²) in [4.78, 5) is 95.9. The van der Waals surface area contributed by atoms with Crippen LogP contribution >= 0.6 is 11.8 Å². The Kier molecular flexibility index (Phi) is 20.8. The predicted molar refractivity (Wildman–Crippen MR) is 207 cm³/mol. The summed E-state index contributed by atoms with van der Waals surface area (Å²) >= 11 is 1.56. The van der Waals surface area contributed by atoms with Crippen LogP contribution in [0.4, 0.5) is 0 Å². The molecule has 0 aromatic rings. The van der Waals surface area contributed by atoms with E-state index < -0.39 is 77.8 Å². The van der Waals surface area contributed by atoms with Gasteiger partial charge in [-0.05, 0) is 109 Å². The average Bonchev–Trinajstić information content (AvgIpc) is 3.85. The Bertz CT molecular complexity index is 1280. The van der Waals surface area contributed by atoms with E-state index in [1.807, 2.05) is 20.1 Å². The van der Waals surface area contributed by atoms with Crippen molar-refractivity contribution in [2.45, 2.75) is 140 Å². The molecule has 0 bridgehead atoms. The number of nitrogens with two attached hydrogens (primary N) is 3. The summed E-state index contributed by atoms with van der Waals surface area (Å²) in [6.45, 7) is 6.59. The van der Waals surface area contributed by atoms with Gasteiger partial charge in [-0.3, -0.25) is 28.8 Å². The van der Waals surface area contributed by atoms with E-state index in [2.05, 4.69) is 21.3 Å². The van der Waals surface area contributed by atoms with Crippen LogP contribution in [-0.4, -0.2) is 137 Å². The number of likely N-dealkylation sites (tertiary alicyclic amines) is 2. The molecule has 2 rings (SSSR count). The maximum absolute atomic E-state index is 14.1. The molecule has 308 valence electrons. The number of rotatable bonds is 24. The van der Waals surface area contributed by atoms with Crippen molar-refractivity contribution in [1.29, 1.82) is 0 Å². The number of hydrogen-bond acceptors (Lipinski definition) is 11. The minimum Gasteiger partial charge on any atom is -0.480 e. The van der Waals surface area contributed by atoms with E-state index in [9.17, 15) is 38.7 Å². The summed E-state index contributed by atoms with van der Waals surface area (Å²) in [5.41, 5.74) is 17.2. The van der Waals surface area contributed by atoms with Crippen molar-refractivity contribution < 1.29 is 38.7 Å². The molecule has 17 nitrogen and oxygen atoms in total. The highest BCUT2D eigenvalue weighted by Crippen LogP contribution is 2.27. The number of amides is 6. The van der Waals surface area contributed by atoms with Crippen molar-refractivity contribution in [1.82, 2.24) is 31.1 Å². The molecule has 0 radical (unpaired) electrons. The molecule has 0 aliphatic carbocycles. The van der Waals surface area contributed by atoms with E-state index >= 15 is 0 Å². The van der Waals surface area contributed by atoms with Gasteiger partial charge in [0, 0.05) is 13.1 Å². The van der Waals surface area contributed by atoms with Gasteiger partial charge in [-0.1, -0.05) is 20.3 Å².